The molecular formula is C53H98O12S. The summed E-state index contributed by atoms with van der Waals surface area (Å²) in [7, 11) is -4.61. The average Bonchev–Trinajstić information content (AvgIpc) is 3.28. The standard InChI is InChI=1S/C53H98O12S/c1-3-5-7-9-11-13-15-17-19-20-21-22-23-24-25-26-28-30-32-34-36-38-40-42-49(55)64-46(44-63-53-52(58)51(57)50(56)47(65-53)45-66(59,60)61)43-62-48(54)41-39-37-35-33-31-29-27-18-16-14-12-10-8-6-4-2/h18,27,31,33,46-47,50-53,56-58H,3-17,19-26,28-30,32,34-45H2,1-2H3,(H,59,60,61)/b27-18+,33-31+/t46-,47-,50-,51?,52?,53+/m1/s1. The Kier molecular flexibility index (Phi) is 40.7. The minimum atomic E-state index is -4.61. The Bertz CT molecular complexity index is 1310. The third kappa shape index (κ3) is 37.1. The monoisotopic (exact) mass is 959 g/mol. The maximum Gasteiger partial charge on any atom is 0.306 e. The summed E-state index contributed by atoms with van der Waals surface area (Å²) < 4.78 is 54.2. The number of unbranched alkanes of at least 4 members (excludes halogenated alkanes) is 30. The van der Waals surface area contributed by atoms with E-state index in [1.165, 1.54) is 161 Å². The Labute approximate surface area is 402 Å². The molecule has 1 aliphatic heterocycles. The maximum atomic E-state index is 12.9. The van der Waals surface area contributed by atoms with Crippen LogP contribution in [0.2, 0.25) is 0 Å². The molecule has 0 aromatic heterocycles. The van der Waals surface area contributed by atoms with E-state index in [4.69, 9.17) is 18.9 Å². The van der Waals surface area contributed by atoms with Crippen molar-refractivity contribution in [2.75, 3.05) is 19.0 Å². The number of aliphatic hydroxyl groups excluding tert-OH is 3. The van der Waals surface area contributed by atoms with Crippen molar-refractivity contribution in [1.82, 2.24) is 0 Å². The summed E-state index contributed by atoms with van der Waals surface area (Å²) >= 11 is 0. The Balaban J connectivity index is 2.34. The molecule has 1 heterocycles. The zero-order valence-electron chi connectivity index (χ0n) is 41.8. The first-order valence-corrected chi connectivity index (χ1v) is 28.5. The molecule has 0 aromatic carbocycles. The number of aliphatic hydroxyl groups is 3. The fourth-order valence-corrected chi connectivity index (χ4v) is 9.05. The zero-order chi connectivity index (χ0) is 48.4. The lowest BCUT2D eigenvalue weighted by atomic mass is 10.00. The molecule has 1 fully saturated rings. The Morgan fingerprint density at radius 2 is 0.909 bits per heavy atom. The fourth-order valence-electron chi connectivity index (χ4n) is 8.36. The lowest BCUT2D eigenvalue weighted by Crippen LogP contribution is -2.60. The van der Waals surface area contributed by atoms with E-state index in [0.29, 0.717) is 12.8 Å². The van der Waals surface area contributed by atoms with Crippen molar-refractivity contribution in [3.8, 4) is 0 Å². The van der Waals surface area contributed by atoms with Crippen LogP contribution in [0.15, 0.2) is 24.3 Å². The van der Waals surface area contributed by atoms with Crippen LogP contribution >= 0.6 is 0 Å². The largest absolute Gasteiger partial charge is 0.462 e. The van der Waals surface area contributed by atoms with Gasteiger partial charge in [0.2, 0.25) is 0 Å². The van der Waals surface area contributed by atoms with Gasteiger partial charge >= 0.3 is 11.9 Å². The summed E-state index contributed by atoms with van der Waals surface area (Å²) in [6, 6.07) is 0. The van der Waals surface area contributed by atoms with Gasteiger partial charge in [-0.15, -0.1) is 0 Å². The van der Waals surface area contributed by atoms with E-state index in [1.807, 2.05) is 0 Å². The molecule has 0 spiro atoms. The van der Waals surface area contributed by atoms with Crippen LogP contribution in [0.25, 0.3) is 0 Å². The molecule has 66 heavy (non-hydrogen) atoms. The third-order valence-electron chi connectivity index (χ3n) is 12.5. The number of hydrogen-bond acceptors (Lipinski definition) is 11. The Morgan fingerprint density at radius 1 is 0.515 bits per heavy atom. The minimum Gasteiger partial charge on any atom is -0.462 e. The van der Waals surface area contributed by atoms with Crippen LogP contribution in [0.5, 0.6) is 0 Å². The van der Waals surface area contributed by atoms with Crippen LogP contribution in [0.1, 0.15) is 245 Å². The zero-order valence-corrected chi connectivity index (χ0v) is 42.6. The minimum absolute atomic E-state index is 0.163. The number of hydrogen-bond donors (Lipinski definition) is 4. The highest BCUT2D eigenvalue weighted by Crippen LogP contribution is 2.24. The molecule has 0 amide bonds. The molecule has 1 saturated heterocycles. The molecular weight excluding hydrogens is 861 g/mol. The first-order chi connectivity index (χ1) is 32.0. The van der Waals surface area contributed by atoms with Gasteiger partial charge in [0, 0.05) is 12.8 Å². The van der Waals surface area contributed by atoms with Crippen molar-refractivity contribution in [2.45, 2.75) is 282 Å². The molecule has 0 aromatic rings. The average molecular weight is 959 g/mol. The first kappa shape index (κ1) is 62.1. The van der Waals surface area contributed by atoms with E-state index in [2.05, 4.69) is 38.2 Å². The van der Waals surface area contributed by atoms with Gasteiger partial charge < -0.3 is 34.3 Å². The molecule has 2 unspecified atom stereocenters. The van der Waals surface area contributed by atoms with Crippen molar-refractivity contribution in [2.24, 2.45) is 0 Å². The number of allylic oxidation sites excluding steroid dienone is 4. The SMILES string of the molecule is CCCCCCCC/C=C/C/C=C/CCCCC(=O)OC[C@H](CO[C@H]1O[C@H](CS(=O)(=O)O)[C@@H](O)C(O)C1O)OC(=O)CCCCCCCCCCCCCCCCCCCCCCCCC. The summed E-state index contributed by atoms with van der Waals surface area (Å²) in [5, 5.41) is 31.0. The van der Waals surface area contributed by atoms with Crippen molar-refractivity contribution < 1.29 is 56.8 Å². The van der Waals surface area contributed by atoms with Gasteiger partial charge in [-0.2, -0.15) is 8.42 Å². The van der Waals surface area contributed by atoms with Gasteiger partial charge in [0.25, 0.3) is 10.1 Å². The van der Waals surface area contributed by atoms with E-state index in [-0.39, 0.29) is 19.4 Å². The van der Waals surface area contributed by atoms with Crippen LogP contribution in [0, 0.1) is 0 Å². The highest BCUT2D eigenvalue weighted by molar-refractivity contribution is 7.85. The first-order valence-electron chi connectivity index (χ1n) is 26.9. The van der Waals surface area contributed by atoms with Gasteiger partial charge in [-0.25, -0.2) is 0 Å². The smallest absolute Gasteiger partial charge is 0.306 e. The molecule has 12 nitrogen and oxygen atoms in total. The van der Waals surface area contributed by atoms with Crippen LogP contribution in [0.3, 0.4) is 0 Å². The topological polar surface area (TPSA) is 186 Å². The predicted octanol–water partition coefficient (Wildman–Crippen LogP) is 12.3. The van der Waals surface area contributed by atoms with Crippen molar-refractivity contribution in [3.63, 3.8) is 0 Å². The predicted molar refractivity (Wildman–Crippen MR) is 266 cm³/mol. The summed E-state index contributed by atoms with van der Waals surface area (Å²) in [6.45, 7) is 3.77. The molecule has 4 N–H and O–H groups in total. The highest BCUT2D eigenvalue weighted by Gasteiger charge is 2.46. The second-order valence-corrected chi connectivity index (χ2v) is 20.4. The lowest BCUT2D eigenvalue weighted by Gasteiger charge is -2.40. The highest BCUT2D eigenvalue weighted by atomic mass is 32.2. The quantitative estimate of drug-likeness (QED) is 0.0196. The molecule has 0 saturated carbocycles. The third-order valence-corrected chi connectivity index (χ3v) is 13.3. The van der Waals surface area contributed by atoms with Gasteiger partial charge in [-0.3, -0.25) is 14.1 Å². The van der Waals surface area contributed by atoms with Crippen molar-refractivity contribution >= 4 is 22.1 Å². The van der Waals surface area contributed by atoms with Gasteiger partial charge in [0.05, 0.1) is 6.61 Å². The number of esters is 2. The van der Waals surface area contributed by atoms with Crippen molar-refractivity contribution in [3.05, 3.63) is 24.3 Å². The second kappa shape index (κ2) is 43.2. The van der Waals surface area contributed by atoms with Crippen LogP contribution in [-0.4, -0.2) is 96.0 Å². The molecule has 1 rings (SSSR count). The maximum absolute atomic E-state index is 12.9. The van der Waals surface area contributed by atoms with Gasteiger partial charge in [0.15, 0.2) is 12.4 Å². The van der Waals surface area contributed by atoms with E-state index in [9.17, 15) is 37.9 Å². The molecule has 1 aliphatic rings. The van der Waals surface area contributed by atoms with Gasteiger partial charge in [0.1, 0.15) is 36.8 Å². The molecule has 13 heteroatoms. The number of ether oxygens (including phenoxy) is 4. The summed E-state index contributed by atoms with van der Waals surface area (Å²) in [4.78, 5) is 25.5. The van der Waals surface area contributed by atoms with E-state index >= 15 is 0 Å². The van der Waals surface area contributed by atoms with E-state index in [0.717, 1.165) is 44.9 Å². The van der Waals surface area contributed by atoms with Crippen LogP contribution in [-0.2, 0) is 38.7 Å². The lowest BCUT2D eigenvalue weighted by molar-refractivity contribution is -0.297. The summed E-state index contributed by atoms with van der Waals surface area (Å²) in [5.74, 6) is -2.01. The fraction of sp³-hybridized carbons (Fsp3) is 0.887. The van der Waals surface area contributed by atoms with Crippen LogP contribution in [0.4, 0.5) is 0 Å². The summed E-state index contributed by atoms with van der Waals surface area (Å²) in [6.07, 6.45) is 40.9. The van der Waals surface area contributed by atoms with Crippen molar-refractivity contribution in [1.29, 1.82) is 0 Å². The van der Waals surface area contributed by atoms with Crippen LogP contribution < -0.4 is 0 Å². The second-order valence-electron chi connectivity index (χ2n) is 18.9. The number of carbonyl (C=O) groups is 2. The molecule has 0 aliphatic carbocycles. The normalized spacial score (nSPS) is 19.5. The van der Waals surface area contributed by atoms with Gasteiger partial charge in [-0.1, -0.05) is 212 Å². The molecule has 6 atom stereocenters. The molecule has 388 valence electrons. The number of rotatable bonds is 46. The Morgan fingerprint density at radius 3 is 1.36 bits per heavy atom. The number of carbonyl (C=O) groups excluding carboxylic acids is 2. The molecule has 0 radical (unpaired) electrons. The Hall–Kier alpha value is -1.87. The van der Waals surface area contributed by atoms with E-state index < -0.39 is 71.2 Å². The van der Waals surface area contributed by atoms with Gasteiger partial charge in [-0.05, 0) is 44.9 Å². The van der Waals surface area contributed by atoms with E-state index in [1.54, 1.807) is 0 Å². The molecule has 0 bridgehead atoms. The summed E-state index contributed by atoms with van der Waals surface area (Å²) in [5.41, 5.74) is 0.